The highest BCUT2D eigenvalue weighted by Gasteiger charge is 2.41. The number of hydrogen-bond donors (Lipinski definition) is 2. The molecule has 12 heteroatoms. The van der Waals surface area contributed by atoms with Crippen LogP contribution < -0.4 is 10.9 Å². The van der Waals surface area contributed by atoms with Crippen LogP contribution in [0, 0.1) is 0 Å². The van der Waals surface area contributed by atoms with Crippen molar-refractivity contribution in [3.8, 4) is 17.1 Å². The van der Waals surface area contributed by atoms with E-state index in [0.717, 1.165) is 47.2 Å². The molecule has 8 nitrogen and oxygen atoms in total. The van der Waals surface area contributed by atoms with E-state index in [1.165, 1.54) is 0 Å². The maximum Gasteiger partial charge on any atom is 0.434 e. The number of alkyl halides is 3. The minimum absolute atomic E-state index is 0.146. The molecule has 1 amide bonds. The van der Waals surface area contributed by atoms with Gasteiger partial charge in [-0.15, -0.1) is 11.3 Å². The lowest BCUT2D eigenvalue weighted by atomic mass is 10.1. The van der Waals surface area contributed by atoms with Gasteiger partial charge in [-0.1, -0.05) is 31.2 Å². The zero-order valence-corrected chi connectivity index (χ0v) is 17.3. The summed E-state index contributed by atoms with van der Waals surface area (Å²) in [6.07, 6.45) is -3.22. The van der Waals surface area contributed by atoms with Crippen LogP contribution in [-0.2, 0) is 12.6 Å². The number of hydrogen-bond acceptors (Lipinski definition) is 6. The van der Waals surface area contributed by atoms with E-state index in [0.29, 0.717) is 10.4 Å². The fourth-order valence-corrected chi connectivity index (χ4v) is 3.67. The number of halogens is 3. The Bertz CT molecular complexity index is 1300. The Labute approximate surface area is 182 Å². The number of carbonyl (C=O) groups excluding carboxylic acids is 1. The first-order valence-corrected chi connectivity index (χ1v) is 10.2. The summed E-state index contributed by atoms with van der Waals surface area (Å²) in [5, 5.41) is 13.5. The molecule has 0 unspecified atom stereocenters. The molecule has 0 aliphatic carbocycles. The van der Waals surface area contributed by atoms with Crippen LogP contribution in [0.2, 0.25) is 0 Å². The summed E-state index contributed by atoms with van der Waals surface area (Å²) in [6.45, 7) is 2.04. The van der Waals surface area contributed by atoms with Crippen molar-refractivity contribution >= 4 is 22.4 Å². The number of aromatic amines is 1. The molecule has 3 heterocycles. The average Bonchev–Trinajstić information content (AvgIpc) is 3.42. The zero-order chi connectivity index (χ0) is 22.9. The topological polar surface area (TPSA) is 106 Å². The number of rotatable bonds is 5. The summed E-state index contributed by atoms with van der Waals surface area (Å²) in [5.74, 6) is -1.31. The minimum atomic E-state index is -4.91. The normalized spacial score (nSPS) is 11.5. The van der Waals surface area contributed by atoms with Gasteiger partial charge in [0, 0.05) is 17.0 Å². The van der Waals surface area contributed by atoms with Crippen molar-refractivity contribution in [3.63, 3.8) is 0 Å². The standard InChI is InChI=1S/C20H15F3N6O2S/c1-2-11-3-5-12(6-4-11)14-10-32-19(25-14)26-18(31)13-9-24-29(17(13)20(21,22)23)15-7-8-16(30)28-27-15/h3-10H,2H2,1H3,(H,28,30)(H,25,26,31). The molecule has 2 N–H and O–H groups in total. The van der Waals surface area contributed by atoms with Crippen molar-refractivity contribution in [1.82, 2.24) is 25.0 Å². The Morgan fingerprint density at radius 3 is 2.56 bits per heavy atom. The van der Waals surface area contributed by atoms with E-state index < -0.39 is 28.9 Å². The molecule has 164 valence electrons. The van der Waals surface area contributed by atoms with Crippen molar-refractivity contribution in [2.75, 3.05) is 5.32 Å². The maximum atomic E-state index is 13.7. The molecule has 32 heavy (non-hydrogen) atoms. The second kappa shape index (κ2) is 8.38. The molecular weight excluding hydrogens is 445 g/mol. The number of benzene rings is 1. The fraction of sp³-hybridized carbons (Fsp3) is 0.150. The van der Waals surface area contributed by atoms with E-state index in [1.54, 1.807) is 5.38 Å². The number of carbonyl (C=O) groups is 1. The smallest absolute Gasteiger partial charge is 0.298 e. The third-order valence-electron chi connectivity index (χ3n) is 4.55. The summed E-state index contributed by atoms with van der Waals surface area (Å²) in [4.78, 5) is 28.1. The first kappa shape index (κ1) is 21.4. The third kappa shape index (κ3) is 4.30. The molecule has 4 rings (SSSR count). The molecule has 0 radical (unpaired) electrons. The van der Waals surface area contributed by atoms with Gasteiger partial charge in [0.2, 0.25) is 0 Å². The van der Waals surface area contributed by atoms with Gasteiger partial charge in [-0.3, -0.25) is 14.9 Å². The number of aromatic nitrogens is 5. The summed E-state index contributed by atoms with van der Waals surface area (Å²) in [5.41, 5.74) is -0.0254. The molecular formula is C20H15F3N6O2S. The second-order valence-corrected chi connectivity index (χ2v) is 7.50. The van der Waals surface area contributed by atoms with Crippen LogP contribution in [0.4, 0.5) is 18.3 Å². The average molecular weight is 460 g/mol. The number of anilines is 1. The van der Waals surface area contributed by atoms with Crippen LogP contribution in [0.15, 0.2) is 52.8 Å². The molecule has 0 fully saturated rings. The van der Waals surface area contributed by atoms with Crippen molar-refractivity contribution in [3.05, 3.63) is 75.1 Å². The highest BCUT2D eigenvalue weighted by Crippen LogP contribution is 2.34. The summed E-state index contributed by atoms with van der Waals surface area (Å²) < 4.78 is 41.7. The Balaban J connectivity index is 1.62. The van der Waals surface area contributed by atoms with E-state index >= 15 is 0 Å². The molecule has 0 saturated heterocycles. The molecule has 0 spiro atoms. The van der Waals surface area contributed by atoms with Gasteiger partial charge in [-0.2, -0.15) is 23.4 Å². The Hall–Kier alpha value is -3.80. The van der Waals surface area contributed by atoms with Crippen LogP contribution in [0.5, 0.6) is 0 Å². The quantitative estimate of drug-likeness (QED) is 0.470. The highest BCUT2D eigenvalue weighted by molar-refractivity contribution is 7.14. The number of aryl methyl sites for hydroxylation is 1. The van der Waals surface area contributed by atoms with Gasteiger partial charge < -0.3 is 0 Å². The highest BCUT2D eigenvalue weighted by atomic mass is 32.1. The predicted molar refractivity (Wildman–Crippen MR) is 112 cm³/mol. The first-order valence-electron chi connectivity index (χ1n) is 9.33. The molecule has 0 bridgehead atoms. The van der Waals surface area contributed by atoms with Crippen molar-refractivity contribution in [2.45, 2.75) is 19.5 Å². The molecule has 0 aliphatic heterocycles. The van der Waals surface area contributed by atoms with Gasteiger partial charge in [0.05, 0.1) is 17.5 Å². The molecule has 3 aromatic heterocycles. The van der Waals surface area contributed by atoms with Crippen LogP contribution in [0.1, 0.15) is 28.5 Å². The van der Waals surface area contributed by atoms with Gasteiger partial charge in [0.25, 0.3) is 11.5 Å². The van der Waals surface area contributed by atoms with Crippen molar-refractivity contribution in [1.29, 1.82) is 0 Å². The zero-order valence-electron chi connectivity index (χ0n) is 16.5. The Morgan fingerprint density at radius 2 is 1.94 bits per heavy atom. The number of thiazole rings is 1. The van der Waals surface area contributed by atoms with Gasteiger partial charge in [0.15, 0.2) is 16.6 Å². The molecule has 1 aromatic carbocycles. The van der Waals surface area contributed by atoms with Crippen molar-refractivity contribution in [2.24, 2.45) is 0 Å². The summed E-state index contributed by atoms with van der Waals surface area (Å²) >= 11 is 1.09. The monoisotopic (exact) mass is 460 g/mol. The van der Waals surface area contributed by atoms with E-state index in [-0.39, 0.29) is 10.9 Å². The van der Waals surface area contributed by atoms with Gasteiger partial charge in [-0.05, 0) is 18.1 Å². The van der Waals surface area contributed by atoms with Crippen LogP contribution in [0.3, 0.4) is 0 Å². The predicted octanol–water partition coefficient (Wildman–Crippen LogP) is 3.91. The van der Waals surface area contributed by atoms with Gasteiger partial charge in [-0.25, -0.2) is 14.8 Å². The Kier molecular flexibility index (Phi) is 5.61. The maximum absolute atomic E-state index is 13.7. The lowest BCUT2D eigenvalue weighted by Crippen LogP contribution is -2.21. The second-order valence-electron chi connectivity index (χ2n) is 6.64. The molecule has 0 saturated carbocycles. The lowest BCUT2D eigenvalue weighted by Gasteiger charge is -2.11. The van der Waals surface area contributed by atoms with Gasteiger partial charge >= 0.3 is 6.18 Å². The summed E-state index contributed by atoms with van der Waals surface area (Å²) in [7, 11) is 0. The summed E-state index contributed by atoms with van der Waals surface area (Å²) in [6, 6.07) is 9.78. The molecule has 4 aromatic rings. The number of H-pyrrole nitrogens is 1. The Morgan fingerprint density at radius 1 is 1.19 bits per heavy atom. The van der Waals surface area contributed by atoms with E-state index in [1.807, 2.05) is 36.3 Å². The molecule has 0 aliphatic rings. The number of nitrogens with zero attached hydrogens (tertiary/aromatic N) is 4. The van der Waals surface area contributed by atoms with E-state index in [2.05, 4.69) is 20.5 Å². The lowest BCUT2D eigenvalue weighted by molar-refractivity contribution is -0.143. The van der Waals surface area contributed by atoms with Crippen LogP contribution >= 0.6 is 11.3 Å². The van der Waals surface area contributed by atoms with Crippen LogP contribution in [0.25, 0.3) is 17.1 Å². The number of amides is 1. The van der Waals surface area contributed by atoms with E-state index in [9.17, 15) is 22.8 Å². The number of nitrogens with one attached hydrogen (secondary N) is 2. The third-order valence-corrected chi connectivity index (χ3v) is 5.30. The minimum Gasteiger partial charge on any atom is -0.298 e. The largest absolute Gasteiger partial charge is 0.434 e. The molecule has 0 atom stereocenters. The van der Waals surface area contributed by atoms with Crippen LogP contribution in [-0.4, -0.2) is 30.9 Å². The van der Waals surface area contributed by atoms with E-state index in [4.69, 9.17) is 0 Å². The van der Waals surface area contributed by atoms with Crippen molar-refractivity contribution < 1.29 is 18.0 Å². The fourth-order valence-electron chi connectivity index (χ4n) is 2.96. The SMILES string of the molecule is CCc1ccc(-c2csc(NC(=O)c3cnn(-c4ccc(=O)[nH]n4)c3C(F)(F)F)n2)cc1. The first-order chi connectivity index (χ1) is 15.3. The van der Waals surface area contributed by atoms with Gasteiger partial charge in [0.1, 0.15) is 0 Å².